The van der Waals surface area contributed by atoms with E-state index in [1.807, 2.05) is 0 Å². The van der Waals surface area contributed by atoms with Crippen LogP contribution < -0.4 is 5.73 Å². The summed E-state index contributed by atoms with van der Waals surface area (Å²) in [6.07, 6.45) is 0.218. The van der Waals surface area contributed by atoms with Gasteiger partial charge in [0, 0.05) is 12.7 Å². The van der Waals surface area contributed by atoms with Crippen LogP contribution >= 0.6 is 0 Å². The van der Waals surface area contributed by atoms with Crippen molar-refractivity contribution in [1.82, 2.24) is 9.29 Å². The summed E-state index contributed by atoms with van der Waals surface area (Å²) < 4.78 is 24.5. The third-order valence-corrected chi connectivity index (χ3v) is 4.12. The summed E-state index contributed by atoms with van der Waals surface area (Å²) in [6.45, 7) is -0.475. The first-order chi connectivity index (χ1) is 7.98. The molecule has 0 aliphatic carbocycles. The molecule has 1 aliphatic heterocycles. The van der Waals surface area contributed by atoms with Crippen LogP contribution in [0.4, 0.5) is 0 Å². The van der Waals surface area contributed by atoms with E-state index < -0.39 is 22.0 Å². The smallest absolute Gasteiger partial charge is 0.285 e. The highest BCUT2D eigenvalue weighted by Gasteiger charge is 2.42. The largest absolute Gasteiger partial charge is 0.390 e. The van der Waals surface area contributed by atoms with Gasteiger partial charge in [0.2, 0.25) is 0 Å². The lowest BCUT2D eigenvalue weighted by atomic mass is 10.2. The van der Waals surface area contributed by atoms with E-state index in [1.54, 1.807) is 0 Å². The highest BCUT2D eigenvalue weighted by atomic mass is 32.2. The monoisotopic (exact) mass is 257 g/mol. The van der Waals surface area contributed by atoms with Gasteiger partial charge >= 0.3 is 0 Å². The molecule has 2 rings (SSSR count). The van der Waals surface area contributed by atoms with E-state index in [-0.39, 0.29) is 23.7 Å². The number of hydrogen-bond donors (Lipinski definition) is 2. The fraction of sp³-hybridized carbons (Fsp3) is 0.333. The maximum atomic E-state index is 11.9. The Morgan fingerprint density at radius 2 is 2.24 bits per heavy atom. The number of sulfonamides is 1. The summed E-state index contributed by atoms with van der Waals surface area (Å²) in [5.41, 5.74) is 5.22. The average molecular weight is 257 g/mol. The van der Waals surface area contributed by atoms with Crippen molar-refractivity contribution in [2.75, 3.05) is 13.1 Å². The molecule has 1 aromatic rings. The van der Waals surface area contributed by atoms with Crippen LogP contribution in [0.3, 0.4) is 0 Å². The predicted molar refractivity (Wildman–Crippen MR) is 57.5 cm³/mol. The van der Waals surface area contributed by atoms with Crippen LogP contribution in [0.1, 0.15) is 10.4 Å². The lowest BCUT2D eigenvalue weighted by molar-refractivity contribution is 0.0801. The Hall–Kier alpha value is -1.51. The first-order valence-corrected chi connectivity index (χ1v) is 6.32. The maximum absolute atomic E-state index is 11.9. The molecule has 7 nitrogen and oxygen atoms in total. The van der Waals surface area contributed by atoms with Gasteiger partial charge in [-0.25, -0.2) is 9.29 Å². The Balaban J connectivity index is 2.44. The van der Waals surface area contributed by atoms with Crippen LogP contribution in [0.25, 0.3) is 0 Å². The minimum atomic E-state index is -3.94. The number of rotatable bonds is 3. The topological polar surface area (TPSA) is 114 Å². The second-order valence-corrected chi connectivity index (χ2v) is 5.36. The summed E-state index contributed by atoms with van der Waals surface area (Å²) in [5.74, 6) is -0.680. The number of amides is 1. The highest BCUT2D eigenvalue weighted by molar-refractivity contribution is 7.90. The fourth-order valence-electron chi connectivity index (χ4n) is 1.55. The summed E-state index contributed by atoms with van der Waals surface area (Å²) in [7, 11) is -3.94. The molecule has 1 aliphatic rings. The van der Waals surface area contributed by atoms with E-state index in [0.29, 0.717) is 4.31 Å². The SMILES string of the molecule is NCC(O)CN1C(=O)c2cccnc2S1(=O)=O. The third-order valence-electron chi connectivity index (χ3n) is 2.41. The number of aromatic nitrogens is 1. The van der Waals surface area contributed by atoms with Gasteiger partial charge in [-0.3, -0.25) is 4.79 Å². The second-order valence-electron chi connectivity index (χ2n) is 3.59. The van der Waals surface area contributed by atoms with Crippen LogP contribution in [0.2, 0.25) is 0 Å². The summed E-state index contributed by atoms with van der Waals surface area (Å²) in [4.78, 5) is 15.5. The standard InChI is InChI=1S/C9H11N3O4S/c10-4-6(13)5-12-9(14)7-2-1-3-11-8(7)17(12,15)16/h1-3,6,13H,4-5,10H2. The number of β-amino-alcohol motifs (C(OH)–C–C–N with tert-alkyl or cyclic N) is 1. The predicted octanol–water partition coefficient (Wildman–Crippen LogP) is -1.45. The summed E-state index contributed by atoms with van der Waals surface area (Å²) in [5, 5.41) is 9.07. The van der Waals surface area contributed by atoms with Crippen molar-refractivity contribution in [2.45, 2.75) is 11.1 Å². The number of carbonyl (C=O) groups is 1. The number of hydrogen-bond acceptors (Lipinski definition) is 6. The zero-order chi connectivity index (χ0) is 12.6. The molecular formula is C9H11N3O4S. The quantitative estimate of drug-likeness (QED) is 0.684. The molecule has 1 aromatic heterocycles. The molecule has 0 saturated carbocycles. The van der Waals surface area contributed by atoms with E-state index in [2.05, 4.69) is 4.98 Å². The Kier molecular flexibility index (Phi) is 2.86. The van der Waals surface area contributed by atoms with Crippen molar-refractivity contribution < 1.29 is 18.3 Å². The van der Waals surface area contributed by atoms with Crippen molar-refractivity contribution in [2.24, 2.45) is 5.73 Å². The molecule has 0 spiro atoms. The van der Waals surface area contributed by atoms with Crippen LogP contribution in [-0.2, 0) is 10.0 Å². The van der Waals surface area contributed by atoms with Crippen molar-refractivity contribution in [3.8, 4) is 0 Å². The van der Waals surface area contributed by atoms with Crippen LogP contribution in [-0.4, -0.2) is 47.9 Å². The van der Waals surface area contributed by atoms with Gasteiger partial charge < -0.3 is 10.8 Å². The first kappa shape index (κ1) is 12.0. The second kappa shape index (κ2) is 4.06. The molecule has 2 heterocycles. The summed E-state index contributed by atoms with van der Waals surface area (Å²) >= 11 is 0. The first-order valence-electron chi connectivity index (χ1n) is 4.88. The fourth-order valence-corrected chi connectivity index (χ4v) is 3.08. The molecule has 0 radical (unpaired) electrons. The van der Waals surface area contributed by atoms with Crippen LogP contribution in [0.5, 0.6) is 0 Å². The number of pyridine rings is 1. The van der Waals surface area contributed by atoms with Gasteiger partial charge in [-0.15, -0.1) is 0 Å². The number of aliphatic hydroxyl groups is 1. The molecule has 0 fully saturated rings. The van der Waals surface area contributed by atoms with Gasteiger partial charge in [0.05, 0.1) is 18.2 Å². The molecule has 92 valence electrons. The molecule has 1 atom stereocenters. The Morgan fingerprint density at radius 1 is 1.53 bits per heavy atom. The minimum absolute atomic E-state index is 0.0247. The molecular weight excluding hydrogens is 246 g/mol. The minimum Gasteiger partial charge on any atom is -0.390 e. The number of carbonyl (C=O) groups excluding carboxylic acids is 1. The van der Waals surface area contributed by atoms with Gasteiger partial charge in [-0.1, -0.05) is 0 Å². The molecule has 1 amide bonds. The molecule has 17 heavy (non-hydrogen) atoms. The van der Waals surface area contributed by atoms with Crippen LogP contribution in [0, 0.1) is 0 Å². The van der Waals surface area contributed by atoms with Gasteiger partial charge in [0.25, 0.3) is 15.9 Å². The van der Waals surface area contributed by atoms with Gasteiger partial charge in [0.1, 0.15) is 0 Å². The van der Waals surface area contributed by atoms with E-state index >= 15 is 0 Å². The van der Waals surface area contributed by atoms with Crippen molar-refractivity contribution in [3.05, 3.63) is 23.9 Å². The van der Waals surface area contributed by atoms with Gasteiger partial charge in [-0.2, -0.15) is 8.42 Å². The van der Waals surface area contributed by atoms with E-state index in [4.69, 9.17) is 5.73 Å². The molecule has 8 heteroatoms. The van der Waals surface area contributed by atoms with E-state index in [1.165, 1.54) is 18.3 Å². The Morgan fingerprint density at radius 3 is 2.82 bits per heavy atom. The van der Waals surface area contributed by atoms with Gasteiger partial charge in [-0.05, 0) is 12.1 Å². The average Bonchev–Trinajstić information content (AvgIpc) is 2.51. The zero-order valence-electron chi connectivity index (χ0n) is 8.78. The Labute approximate surface area is 97.9 Å². The molecule has 0 saturated heterocycles. The Bertz CT molecular complexity index is 557. The number of nitrogens with zero attached hydrogens (tertiary/aromatic N) is 2. The molecule has 1 unspecified atom stereocenters. The van der Waals surface area contributed by atoms with Crippen LogP contribution in [0.15, 0.2) is 23.4 Å². The highest BCUT2D eigenvalue weighted by Crippen LogP contribution is 2.27. The normalized spacial score (nSPS) is 19.2. The maximum Gasteiger partial charge on any atom is 0.285 e. The van der Waals surface area contributed by atoms with E-state index in [0.717, 1.165) is 0 Å². The number of aliphatic hydroxyl groups excluding tert-OH is 1. The summed E-state index contributed by atoms with van der Waals surface area (Å²) in [6, 6.07) is 2.87. The van der Waals surface area contributed by atoms with Crippen molar-refractivity contribution >= 4 is 15.9 Å². The van der Waals surface area contributed by atoms with Gasteiger partial charge in [0.15, 0.2) is 5.03 Å². The third kappa shape index (κ3) is 1.79. The molecule has 3 N–H and O–H groups in total. The number of nitrogens with two attached hydrogens (primary N) is 1. The molecule has 0 aromatic carbocycles. The zero-order valence-corrected chi connectivity index (χ0v) is 9.59. The lowest BCUT2D eigenvalue weighted by Gasteiger charge is -2.17. The van der Waals surface area contributed by atoms with Crippen molar-refractivity contribution in [1.29, 1.82) is 0 Å². The van der Waals surface area contributed by atoms with Crippen molar-refractivity contribution in [3.63, 3.8) is 0 Å². The number of fused-ring (bicyclic) bond motifs is 1. The van der Waals surface area contributed by atoms with E-state index in [9.17, 15) is 18.3 Å². The lowest BCUT2D eigenvalue weighted by Crippen LogP contribution is -2.39. The molecule has 0 bridgehead atoms.